The third kappa shape index (κ3) is 5.70. The Kier molecular flexibility index (Phi) is 8.96. The smallest absolute Gasteiger partial charge is 0.252 e. The van der Waals surface area contributed by atoms with E-state index in [0.717, 1.165) is 0 Å². The minimum atomic E-state index is -0.201. The van der Waals surface area contributed by atoms with Gasteiger partial charge in [0.05, 0.1) is 28.1 Å². The van der Waals surface area contributed by atoms with Gasteiger partial charge in [0, 0.05) is 39.0 Å². The van der Waals surface area contributed by atoms with E-state index in [1.165, 1.54) is 125 Å². The van der Waals surface area contributed by atoms with Crippen LogP contribution in [0.2, 0.25) is 0 Å². The first-order chi connectivity index (χ1) is 32.0. The number of rotatable bonds is 1. The van der Waals surface area contributed by atoms with Crippen molar-refractivity contribution in [3.8, 4) is 0 Å². The van der Waals surface area contributed by atoms with Gasteiger partial charge >= 0.3 is 0 Å². The molecule has 12 rings (SSSR count). The van der Waals surface area contributed by atoms with E-state index < -0.39 is 0 Å². The zero-order valence-electron chi connectivity index (χ0n) is 46.0. The van der Waals surface area contributed by atoms with Crippen molar-refractivity contribution in [2.75, 3.05) is 14.7 Å². The first-order valence-corrected chi connectivity index (χ1v) is 27.2. The van der Waals surface area contributed by atoms with Crippen LogP contribution in [-0.2, 0) is 37.9 Å². The molecule has 0 saturated heterocycles. The van der Waals surface area contributed by atoms with Crippen LogP contribution >= 0.6 is 0 Å². The molecule has 3 nitrogen and oxygen atoms in total. The Bertz CT molecular complexity index is 2870. The maximum Gasteiger partial charge on any atom is 0.252 e. The van der Waals surface area contributed by atoms with Gasteiger partial charge in [-0.2, -0.15) is 0 Å². The van der Waals surface area contributed by atoms with Gasteiger partial charge in [0.25, 0.3) is 6.71 Å². The summed E-state index contributed by atoms with van der Waals surface area (Å²) < 4.78 is 0. The molecular weight excluding hydrogens is 834 g/mol. The molecule has 4 atom stereocenters. The predicted octanol–water partition coefficient (Wildman–Crippen LogP) is 15.6. The van der Waals surface area contributed by atoms with Crippen molar-refractivity contribution in [3.63, 3.8) is 0 Å². The molecular formula is C65H82BN3. The van der Waals surface area contributed by atoms with Crippen molar-refractivity contribution in [3.05, 3.63) is 117 Å². The van der Waals surface area contributed by atoms with Gasteiger partial charge in [-0.25, -0.2) is 0 Å². The number of fused-ring (bicyclic) bond motifs is 12. The average Bonchev–Trinajstić information content (AvgIpc) is 3.60. The average molecular weight is 916 g/mol. The topological polar surface area (TPSA) is 9.72 Å². The minimum absolute atomic E-state index is 0.0139. The molecule has 2 saturated carbocycles. The molecule has 5 heterocycles. The van der Waals surface area contributed by atoms with Crippen LogP contribution in [0.1, 0.15) is 221 Å². The lowest BCUT2D eigenvalue weighted by Crippen LogP contribution is -2.66. The standard InChI is InChI=1S/C65H82BN3/c1-57(2,3)39-23-25-50-44(31-39)61(13,14)45-32-40(58(4,5)6)24-26-51(45)67(50)43-37-52-54-53(38-43)69-56-47(63(16)28-20-22-30-65(63,69)18)34-42(60(10,11)12)36-49(56)66(54)48-35-41(59(7,8)9)33-46-55(48)68(52)64(17)29-21-19-27-62(46,64)15/h23-26,31-38H,19-22,27-30H2,1-18H3. The molecule has 4 unspecified atom stereocenters. The highest BCUT2D eigenvalue weighted by molar-refractivity contribution is 7.00. The molecule has 4 heteroatoms. The molecule has 7 aliphatic rings. The van der Waals surface area contributed by atoms with Gasteiger partial charge in [0.2, 0.25) is 0 Å². The highest BCUT2D eigenvalue weighted by Crippen LogP contribution is 2.66. The van der Waals surface area contributed by atoms with Crippen molar-refractivity contribution < 1.29 is 0 Å². The molecule has 2 aliphatic carbocycles. The summed E-state index contributed by atoms with van der Waals surface area (Å²) in [6, 6.07) is 31.2. The number of hydrogen-bond donors (Lipinski definition) is 0. The number of nitrogens with zero attached hydrogens (tertiary/aromatic N) is 3. The van der Waals surface area contributed by atoms with Gasteiger partial charge in [-0.1, -0.05) is 185 Å². The van der Waals surface area contributed by atoms with Crippen LogP contribution in [-0.4, -0.2) is 17.8 Å². The van der Waals surface area contributed by atoms with E-state index >= 15 is 0 Å². The van der Waals surface area contributed by atoms with E-state index in [2.05, 4.69) is 212 Å². The number of hydrogen-bond acceptors (Lipinski definition) is 3. The Morgan fingerprint density at radius 2 is 0.768 bits per heavy atom. The largest absolute Gasteiger partial charge is 0.335 e. The fourth-order valence-electron chi connectivity index (χ4n) is 15.6. The van der Waals surface area contributed by atoms with E-state index in [4.69, 9.17) is 0 Å². The number of benzene rings is 5. The Morgan fingerprint density at radius 1 is 0.406 bits per heavy atom. The lowest BCUT2D eigenvalue weighted by atomic mass is 9.33. The molecule has 0 bridgehead atoms. The molecule has 2 fully saturated rings. The Morgan fingerprint density at radius 3 is 1.14 bits per heavy atom. The normalized spacial score (nSPS) is 27.0. The Labute approximate surface area is 417 Å². The van der Waals surface area contributed by atoms with Crippen molar-refractivity contribution in [1.29, 1.82) is 0 Å². The first-order valence-electron chi connectivity index (χ1n) is 27.2. The first kappa shape index (κ1) is 45.7. The van der Waals surface area contributed by atoms with E-state index in [-0.39, 0.29) is 55.7 Å². The lowest BCUT2D eigenvalue weighted by molar-refractivity contribution is 0.194. The Hall–Kier alpha value is -4.44. The second-order valence-electron chi connectivity index (χ2n) is 29.0. The van der Waals surface area contributed by atoms with Gasteiger partial charge in [-0.05, 0) is 146 Å². The van der Waals surface area contributed by atoms with Crippen LogP contribution in [0.3, 0.4) is 0 Å². The van der Waals surface area contributed by atoms with Crippen LogP contribution in [0, 0.1) is 0 Å². The minimum Gasteiger partial charge on any atom is -0.335 e. The molecule has 0 N–H and O–H groups in total. The van der Waals surface area contributed by atoms with Gasteiger partial charge in [-0.15, -0.1) is 0 Å². The zero-order valence-corrected chi connectivity index (χ0v) is 46.0. The van der Waals surface area contributed by atoms with Gasteiger partial charge in [-0.3, -0.25) is 0 Å². The van der Waals surface area contributed by atoms with Crippen LogP contribution < -0.4 is 31.1 Å². The van der Waals surface area contributed by atoms with Crippen LogP contribution in [0.4, 0.5) is 39.8 Å². The molecule has 69 heavy (non-hydrogen) atoms. The van der Waals surface area contributed by atoms with E-state index in [0.29, 0.717) is 0 Å². The third-order valence-electron chi connectivity index (χ3n) is 20.5. The zero-order chi connectivity index (χ0) is 49.3. The highest BCUT2D eigenvalue weighted by Gasteiger charge is 2.65. The summed E-state index contributed by atoms with van der Waals surface area (Å²) in [6.45, 7) is 44.7. The number of anilines is 7. The van der Waals surface area contributed by atoms with E-state index in [9.17, 15) is 0 Å². The van der Waals surface area contributed by atoms with Gasteiger partial charge < -0.3 is 14.7 Å². The maximum atomic E-state index is 2.99. The fraction of sp³-hybridized carbons (Fsp3) is 0.538. The Balaban J connectivity index is 1.24. The van der Waals surface area contributed by atoms with Crippen molar-refractivity contribution in [2.45, 2.75) is 225 Å². The van der Waals surface area contributed by atoms with Crippen LogP contribution in [0.25, 0.3) is 0 Å². The summed E-state index contributed by atoms with van der Waals surface area (Å²) in [5.74, 6) is 0. The van der Waals surface area contributed by atoms with Gasteiger partial charge in [0.15, 0.2) is 0 Å². The van der Waals surface area contributed by atoms with Gasteiger partial charge in [0.1, 0.15) is 0 Å². The molecule has 0 radical (unpaired) electrons. The molecule has 360 valence electrons. The highest BCUT2D eigenvalue weighted by atomic mass is 15.3. The molecule has 0 spiro atoms. The fourth-order valence-corrected chi connectivity index (χ4v) is 15.6. The molecule has 5 aromatic rings. The summed E-state index contributed by atoms with van der Waals surface area (Å²) in [5.41, 5.74) is 26.1. The second kappa shape index (κ2) is 13.5. The van der Waals surface area contributed by atoms with Crippen molar-refractivity contribution >= 4 is 62.9 Å². The maximum absolute atomic E-state index is 2.99. The summed E-state index contributed by atoms with van der Waals surface area (Å²) in [4.78, 5) is 8.69. The molecule has 5 aliphatic heterocycles. The summed E-state index contributed by atoms with van der Waals surface area (Å²) in [7, 11) is 0. The summed E-state index contributed by atoms with van der Waals surface area (Å²) in [6.07, 6.45) is 9.92. The van der Waals surface area contributed by atoms with Crippen molar-refractivity contribution in [1.82, 2.24) is 0 Å². The van der Waals surface area contributed by atoms with Crippen molar-refractivity contribution in [2.24, 2.45) is 0 Å². The van der Waals surface area contributed by atoms with E-state index in [1.807, 2.05) is 0 Å². The third-order valence-corrected chi connectivity index (χ3v) is 20.5. The lowest BCUT2D eigenvalue weighted by Gasteiger charge is -2.55. The molecule has 5 aromatic carbocycles. The SMILES string of the molecule is CC(C)(C)c1ccc2c(c1)C(C)(C)c1cc(C(C)(C)C)ccc1N2c1cc2c3c(c1)N1c4c(cc(C(C)(C)C)cc4C4(C)CCCCC14C)B3c1cc(C(C)(C)C)cc3c1N2C1(C)CCCCC31C. The van der Waals surface area contributed by atoms with Crippen LogP contribution in [0.5, 0.6) is 0 Å². The van der Waals surface area contributed by atoms with Crippen LogP contribution in [0.15, 0.2) is 72.8 Å². The summed E-state index contributed by atoms with van der Waals surface area (Å²) >= 11 is 0. The monoisotopic (exact) mass is 916 g/mol. The van der Waals surface area contributed by atoms with E-state index in [1.54, 1.807) is 27.5 Å². The quantitative estimate of drug-likeness (QED) is 0.155. The summed E-state index contributed by atoms with van der Waals surface area (Å²) in [5, 5.41) is 0. The predicted molar refractivity (Wildman–Crippen MR) is 298 cm³/mol. The second-order valence-corrected chi connectivity index (χ2v) is 29.0. The molecule has 0 amide bonds. The molecule has 0 aromatic heterocycles.